The molecule has 3 nitrogen and oxygen atoms in total. The van der Waals surface area contributed by atoms with Crippen molar-refractivity contribution < 1.29 is 9.90 Å². The molecule has 1 aromatic rings. The van der Waals surface area contributed by atoms with Gasteiger partial charge in [-0.2, -0.15) is 0 Å². The predicted molar refractivity (Wildman–Crippen MR) is 81.2 cm³/mol. The highest BCUT2D eigenvalue weighted by Gasteiger charge is 2.26. The zero-order chi connectivity index (χ0) is 14.5. The fourth-order valence-electron chi connectivity index (χ4n) is 2.38. The summed E-state index contributed by atoms with van der Waals surface area (Å²) in [5.41, 5.74) is 2.34. The molecule has 1 saturated heterocycles. The molecule has 108 valence electrons. The van der Waals surface area contributed by atoms with Crippen LogP contribution in [0.25, 0.3) is 6.08 Å². The molecule has 0 saturated carbocycles. The summed E-state index contributed by atoms with van der Waals surface area (Å²) in [6, 6.07) is 8.21. The summed E-state index contributed by atoms with van der Waals surface area (Å²) >= 11 is 0. The highest BCUT2D eigenvalue weighted by atomic mass is 16.3. The van der Waals surface area contributed by atoms with Crippen LogP contribution in [0.2, 0.25) is 0 Å². The number of carbonyl (C=O) groups is 1. The van der Waals surface area contributed by atoms with E-state index >= 15 is 0 Å². The van der Waals surface area contributed by atoms with Crippen LogP contribution in [0.3, 0.4) is 0 Å². The number of β-amino-alcohol motifs (C(OH)–C–C–N with tert-alkyl or cyclic N) is 1. The minimum Gasteiger partial charge on any atom is -0.391 e. The number of aliphatic hydroxyl groups excluding tert-OH is 1. The van der Waals surface area contributed by atoms with E-state index in [9.17, 15) is 9.90 Å². The van der Waals surface area contributed by atoms with E-state index in [1.54, 1.807) is 4.90 Å². The van der Waals surface area contributed by atoms with Gasteiger partial charge in [0.2, 0.25) is 5.91 Å². The fourth-order valence-corrected chi connectivity index (χ4v) is 2.38. The lowest BCUT2D eigenvalue weighted by atomic mass is 9.96. The summed E-state index contributed by atoms with van der Waals surface area (Å²) in [6.45, 7) is 5.32. The zero-order valence-corrected chi connectivity index (χ0v) is 12.2. The fraction of sp³-hybridized carbons (Fsp3) is 0.471. The number of hydrogen-bond donors (Lipinski definition) is 1. The Morgan fingerprint density at radius 1 is 1.40 bits per heavy atom. The summed E-state index contributed by atoms with van der Waals surface area (Å²) in [5, 5.41) is 9.81. The number of amides is 1. The summed E-state index contributed by atoms with van der Waals surface area (Å²) < 4.78 is 0. The number of rotatable bonds is 3. The lowest BCUT2D eigenvalue weighted by Gasteiger charge is -2.34. The van der Waals surface area contributed by atoms with Gasteiger partial charge in [-0.15, -0.1) is 0 Å². The van der Waals surface area contributed by atoms with Crippen molar-refractivity contribution in [1.29, 1.82) is 0 Å². The van der Waals surface area contributed by atoms with Gasteiger partial charge in [0.25, 0.3) is 0 Å². The third-order valence-corrected chi connectivity index (χ3v) is 3.95. The van der Waals surface area contributed by atoms with Crippen molar-refractivity contribution in [1.82, 2.24) is 4.90 Å². The van der Waals surface area contributed by atoms with Crippen LogP contribution in [0.1, 0.15) is 30.9 Å². The molecule has 2 atom stereocenters. The second-order valence-corrected chi connectivity index (χ2v) is 5.69. The van der Waals surface area contributed by atoms with Crippen LogP contribution in [0.15, 0.2) is 30.3 Å². The molecule has 0 bridgehead atoms. The molecule has 1 aliphatic rings. The van der Waals surface area contributed by atoms with E-state index in [2.05, 4.69) is 19.1 Å². The second-order valence-electron chi connectivity index (χ2n) is 5.69. The maximum atomic E-state index is 12.1. The van der Waals surface area contributed by atoms with Gasteiger partial charge in [0, 0.05) is 19.5 Å². The van der Waals surface area contributed by atoms with Crippen LogP contribution in [-0.4, -0.2) is 35.1 Å². The quantitative estimate of drug-likeness (QED) is 0.919. The molecule has 1 aliphatic heterocycles. The van der Waals surface area contributed by atoms with Crippen LogP contribution in [0.5, 0.6) is 0 Å². The molecule has 0 spiro atoms. The van der Waals surface area contributed by atoms with Gasteiger partial charge >= 0.3 is 0 Å². The lowest BCUT2D eigenvalue weighted by molar-refractivity contribution is -0.134. The number of likely N-dealkylation sites (tertiary alicyclic amines) is 1. The molecule has 2 rings (SSSR count). The van der Waals surface area contributed by atoms with Gasteiger partial charge in [-0.25, -0.2) is 0 Å². The Labute approximate surface area is 120 Å². The van der Waals surface area contributed by atoms with Crippen LogP contribution < -0.4 is 0 Å². The van der Waals surface area contributed by atoms with E-state index in [-0.39, 0.29) is 12.0 Å². The maximum Gasteiger partial charge on any atom is 0.226 e. The van der Waals surface area contributed by atoms with Crippen molar-refractivity contribution in [3.8, 4) is 0 Å². The van der Waals surface area contributed by atoms with E-state index in [0.717, 1.165) is 18.5 Å². The number of aryl methyl sites for hydroxylation is 1. The Bertz CT molecular complexity index is 478. The summed E-state index contributed by atoms with van der Waals surface area (Å²) in [4.78, 5) is 13.8. The molecule has 2 unspecified atom stereocenters. The van der Waals surface area contributed by atoms with Gasteiger partial charge in [-0.3, -0.25) is 4.79 Å². The number of nitrogens with zero attached hydrogens (tertiary/aromatic N) is 1. The highest BCUT2D eigenvalue weighted by Crippen LogP contribution is 2.17. The zero-order valence-electron chi connectivity index (χ0n) is 12.2. The second kappa shape index (κ2) is 6.71. The average molecular weight is 273 g/mol. The van der Waals surface area contributed by atoms with Gasteiger partial charge in [-0.1, -0.05) is 48.9 Å². The molecule has 1 fully saturated rings. The van der Waals surface area contributed by atoms with Crippen molar-refractivity contribution in [3.05, 3.63) is 41.5 Å². The molecule has 1 amide bonds. The maximum absolute atomic E-state index is 12.1. The SMILES string of the molecule is Cc1ccc(/C=C/CC(=O)N2CCC(C)C(O)C2)cc1. The minimum absolute atomic E-state index is 0.0966. The molecular weight excluding hydrogens is 250 g/mol. The molecule has 3 heteroatoms. The number of benzene rings is 1. The van der Waals surface area contributed by atoms with E-state index in [1.807, 2.05) is 31.2 Å². The molecule has 0 aliphatic carbocycles. The van der Waals surface area contributed by atoms with E-state index in [1.165, 1.54) is 5.56 Å². The first kappa shape index (κ1) is 14.8. The van der Waals surface area contributed by atoms with Gasteiger partial charge in [-0.05, 0) is 24.8 Å². The highest BCUT2D eigenvalue weighted by molar-refractivity contribution is 5.78. The van der Waals surface area contributed by atoms with Crippen LogP contribution in [-0.2, 0) is 4.79 Å². The molecule has 1 aromatic carbocycles. The van der Waals surface area contributed by atoms with Gasteiger partial charge in [0.15, 0.2) is 0 Å². The normalized spacial score (nSPS) is 23.2. The van der Waals surface area contributed by atoms with Crippen molar-refractivity contribution in [2.45, 2.75) is 32.8 Å². The standard InChI is InChI=1S/C17H23NO2/c1-13-6-8-15(9-7-13)4-3-5-17(20)18-11-10-14(2)16(19)12-18/h3-4,6-9,14,16,19H,5,10-12H2,1-2H3/b4-3+. The van der Waals surface area contributed by atoms with Gasteiger partial charge in [0.05, 0.1) is 6.10 Å². The average Bonchev–Trinajstić information content (AvgIpc) is 2.44. The monoisotopic (exact) mass is 273 g/mol. The number of aliphatic hydroxyl groups is 1. The Hall–Kier alpha value is -1.61. The lowest BCUT2D eigenvalue weighted by Crippen LogP contribution is -2.45. The van der Waals surface area contributed by atoms with Gasteiger partial charge in [0.1, 0.15) is 0 Å². The first-order valence-electron chi connectivity index (χ1n) is 7.25. The van der Waals surface area contributed by atoms with Crippen molar-refractivity contribution in [2.24, 2.45) is 5.92 Å². The van der Waals surface area contributed by atoms with Crippen LogP contribution in [0, 0.1) is 12.8 Å². The summed E-state index contributed by atoms with van der Waals surface area (Å²) in [6.07, 6.45) is 4.77. The third kappa shape index (κ3) is 3.94. The van der Waals surface area contributed by atoms with Crippen molar-refractivity contribution >= 4 is 12.0 Å². The number of carbonyl (C=O) groups excluding carboxylic acids is 1. The molecule has 0 aromatic heterocycles. The van der Waals surface area contributed by atoms with Crippen molar-refractivity contribution in [2.75, 3.05) is 13.1 Å². The predicted octanol–water partition coefficient (Wildman–Crippen LogP) is 2.63. The Morgan fingerprint density at radius 2 is 2.10 bits per heavy atom. The van der Waals surface area contributed by atoms with E-state index in [4.69, 9.17) is 0 Å². The van der Waals surface area contributed by atoms with E-state index in [0.29, 0.717) is 18.9 Å². The molecule has 20 heavy (non-hydrogen) atoms. The minimum atomic E-state index is -0.381. The largest absolute Gasteiger partial charge is 0.391 e. The summed E-state index contributed by atoms with van der Waals surface area (Å²) in [7, 11) is 0. The number of hydrogen-bond acceptors (Lipinski definition) is 2. The molecular formula is C17H23NO2. The topological polar surface area (TPSA) is 40.5 Å². The first-order valence-corrected chi connectivity index (χ1v) is 7.25. The molecule has 0 radical (unpaired) electrons. The number of piperidine rings is 1. The smallest absolute Gasteiger partial charge is 0.226 e. The third-order valence-electron chi connectivity index (χ3n) is 3.95. The Kier molecular flexibility index (Phi) is 4.96. The van der Waals surface area contributed by atoms with Gasteiger partial charge < -0.3 is 10.0 Å². The molecule has 1 heterocycles. The first-order chi connectivity index (χ1) is 9.56. The Balaban J connectivity index is 1.84. The summed E-state index contributed by atoms with van der Waals surface area (Å²) in [5.74, 6) is 0.390. The van der Waals surface area contributed by atoms with Crippen LogP contribution >= 0.6 is 0 Å². The molecule has 1 N–H and O–H groups in total. The van der Waals surface area contributed by atoms with Crippen molar-refractivity contribution in [3.63, 3.8) is 0 Å². The van der Waals surface area contributed by atoms with Crippen LogP contribution in [0.4, 0.5) is 0 Å². The van der Waals surface area contributed by atoms with E-state index < -0.39 is 0 Å². The Morgan fingerprint density at radius 3 is 2.75 bits per heavy atom.